The lowest BCUT2D eigenvalue weighted by Crippen LogP contribution is -2.42. The second kappa shape index (κ2) is 5.21. The number of hydrogen-bond donors (Lipinski definition) is 2. The van der Waals surface area contributed by atoms with Gasteiger partial charge in [0.2, 0.25) is 11.9 Å². The molecule has 0 spiro atoms. The Morgan fingerprint density at radius 1 is 1.32 bits per heavy atom. The van der Waals surface area contributed by atoms with E-state index in [0.717, 1.165) is 24.4 Å². The van der Waals surface area contributed by atoms with Crippen LogP contribution >= 0.6 is 0 Å². The van der Waals surface area contributed by atoms with Crippen molar-refractivity contribution >= 4 is 11.9 Å². The van der Waals surface area contributed by atoms with Crippen molar-refractivity contribution in [2.75, 3.05) is 18.4 Å². The molecule has 104 valence electrons. The molecule has 19 heavy (non-hydrogen) atoms. The van der Waals surface area contributed by atoms with E-state index in [-0.39, 0.29) is 17.2 Å². The minimum atomic E-state index is -0.373. The quantitative estimate of drug-likeness (QED) is 0.852. The highest BCUT2D eigenvalue weighted by Crippen LogP contribution is 2.35. The normalized spacial score (nSPS) is 22.8. The van der Waals surface area contributed by atoms with E-state index in [1.54, 1.807) is 0 Å². The Labute approximate surface area is 113 Å². The molecule has 2 N–H and O–H groups in total. The molecule has 6 nitrogen and oxygen atoms in total. The van der Waals surface area contributed by atoms with Gasteiger partial charge in [0.15, 0.2) is 0 Å². The van der Waals surface area contributed by atoms with Crippen molar-refractivity contribution in [1.29, 1.82) is 0 Å². The summed E-state index contributed by atoms with van der Waals surface area (Å²) in [7, 11) is 0. The van der Waals surface area contributed by atoms with Gasteiger partial charge in [0, 0.05) is 6.54 Å². The average Bonchev–Trinajstić information content (AvgIpc) is 2.84. The van der Waals surface area contributed by atoms with Crippen molar-refractivity contribution in [2.24, 2.45) is 11.3 Å². The van der Waals surface area contributed by atoms with Crippen molar-refractivity contribution < 1.29 is 4.79 Å². The molecule has 6 heteroatoms. The van der Waals surface area contributed by atoms with Gasteiger partial charge in [-0.1, -0.05) is 13.8 Å². The lowest BCUT2D eigenvalue weighted by atomic mass is 9.75. The second-order valence-electron chi connectivity index (χ2n) is 5.50. The van der Waals surface area contributed by atoms with Crippen LogP contribution in [0.5, 0.6) is 0 Å². The van der Waals surface area contributed by atoms with Gasteiger partial charge in [0.05, 0.1) is 16.8 Å². The molecule has 1 unspecified atom stereocenters. The predicted octanol–water partition coefficient (Wildman–Crippen LogP) is 1.06. The van der Waals surface area contributed by atoms with Crippen LogP contribution in [0.1, 0.15) is 31.7 Å². The molecule has 1 aromatic rings. The number of amides is 1. The smallest absolute Gasteiger partial charge is 0.249 e. The van der Waals surface area contributed by atoms with Crippen molar-refractivity contribution in [2.45, 2.75) is 34.1 Å². The molecule has 0 aliphatic carbocycles. The molecule has 1 aromatic heterocycles. The standard InChI is InChI=1S/C13H21N5O/c1-8(2)13(5-6-14-7-13)11(19)16-12-15-9(3)10(4)17-18-12/h8,14H,5-7H2,1-4H3,(H,15,16,18,19). The van der Waals surface area contributed by atoms with E-state index >= 15 is 0 Å². The Morgan fingerprint density at radius 2 is 2.05 bits per heavy atom. The summed E-state index contributed by atoms with van der Waals surface area (Å²) in [5.74, 6) is 0.541. The highest BCUT2D eigenvalue weighted by Gasteiger charge is 2.44. The number of aryl methyl sites for hydroxylation is 2. The Morgan fingerprint density at radius 3 is 2.58 bits per heavy atom. The minimum absolute atomic E-state index is 0.0162. The zero-order valence-electron chi connectivity index (χ0n) is 11.9. The number of rotatable bonds is 3. The maximum absolute atomic E-state index is 12.5. The molecule has 0 radical (unpaired) electrons. The SMILES string of the molecule is Cc1nnc(NC(=O)C2(C(C)C)CCNC2)nc1C. The maximum atomic E-state index is 12.5. The van der Waals surface area contributed by atoms with Crippen LogP contribution in [0.15, 0.2) is 0 Å². The van der Waals surface area contributed by atoms with Gasteiger partial charge in [0.1, 0.15) is 0 Å². The molecule has 1 aliphatic heterocycles. The summed E-state index contributed by atoms with van der Waals surface area (Å²) >= 11 is 0. The van der Waals surface area contributed by atoms with Crippen LogP contribution in [0.2, 0.25) is 0 Å². The lowest BCUT2D eigenvalue weighted by molar-refractivity contribution is -0.126. The summed E-state index contributed by atoms with van der Waals surface area (Å²) in [4.78, 5) is 16.8. The van der Waals surface area contributed by atoms with Gasteiger partial charge in [-0.15, -0.1) is 5.10 Å². The van der Waals surface area contributed by atoms with Crippen LogP contribution in [-0.4, -0.2) is 34.2 Å². The van der Waals surface area contributed by atoms with Gasteiger partial charge >= 0.3 is 0 Å². The summed E-state index contributed by atoms with van der Waals surface area (Å²) in [5.41, 5.74) is 1.19. The number of nitrogens with one attached hydrogen (secondary N) is 2. The Balaban J connectivity index is 2.17. The van der Waals surface area contributed by atoms with Gasteiger partial charge in [-0.2, -0.15) is 5.10 Å². The van der Waals surface area contributed by atoms with Crippen LogP contribution in [0.4, 0.5) is 5.95 Å². The number of aromatic nitrogens is 3. The molecular formula is C13H21N5O. The van der Waals surface area contributed by atoms with Crippen molar-refractivity contribution in [3.8, 4) is 0 Å². The third kappa shape index (κ3) is 2.58. The number of nitrogens with zero attached hydrogens (tertiary/aromatic N) is 3. The van der Waals surface area contributed by atoms with Gasteiger partial charge < -0.3 is 5.32 Å². The van der Waals surface area contributed by atoms with E-state index < -0.39 is 0 Å². The van der Waals surface area contributed by atoms with E-state index in [1.807, 2.05) is 13.8 Å². The monoisotopic (exact) mass is 263 g/mol. The second-order valence-corrected chi connectivity index (χ2v) is 5.50. The van der Waals surface area contributed by atoms with Crippen molar-refractivity contribution in [1.82, 2.24) is 20.5 Å². The summed E-state index contributed by atoms with van der Waals surface area (Å²) in [6, 6.07) is 0. The third-order valence-electron chi connectivity index (χ3n) is 4.06. The van der Waals surface area contributed by atoms with E-state index in [2.05, 4.69) is 39.7 Å². The molecular weight excluding hydrogens is 242 g/mol. The van der Waals surface area contributed by atoms with Crippen LogP contribution in [0.25, 0.3) is 0 Å². The van der Waals surface area contributed by atoms with E-state index in [4.69, 9.17) is 0 Å². The van der Waals surface area contributed by atoms with Gasteiger partial charge in [-0.3, -0.25) is 10.1 Å². The van der Waals surface area contributed by atoms with Crippen LogP contribution < -0.4 is 10.6 Å². The highest BCUT2D eigenvalue weighted by atomic mass is 16.2. The fraction of sp³-hybridized carbons (Fsp3) is 0.692. The molecule has 1 fully saturated rings. The highest BCUT2D eigenvalue weighted by molar-refractivity contribution is 5.94. The molecule has 2 heterocycles. The molecule has 1 atom stereocenters. The van der Waals surface area contributed by atoms with Gasteiger partial charge in [-0.05, 0) is 32.7 Å². The average molecular weight is 263 g/mol. The van der Waals surface area contributed by atoms with Crippen molar-refractivity contribution in [3.63, 3.8) is 0 Å². The fourth-order valence-corrected chi connectivity index (χ4v) is 2.40. The Kier molecular flexibility index (Phi) is 3.80. The summed E-state index contributed by atoms with van der Waals surface area (Å²) in [6.45, 7) is 9.43. The number of carbonyl (C=O) groups is 1. The Bertz CT molecular complexity index is 480. The summed E-state index contributed by atoms with van der Waals surface area (Å²) < 4.78 is 0. The molecule has 0 saturated carbocycles. The first kappa shape index (κ1) is 13.9. The van der Waals surface area contributed by atoms with Gasteiger partial charge in [-0.25, -0.2) is 4.98 Å². The van der Waals surface area contributed by atoms with E-state index in [1.165, 1.54) is 0 Å². The summed E-state index contributed by atoms with van der Waals surface area (Å²) in [5, 5.41) is 14.0. The fourth-order valence-electron chi connectivity index (χ4n) is 2.40. The Hall–Kier alpha value is -1.56. The van der Waals surface area contributed by atoms with Crippen LogP contribution in [0.3, 0.4) is 0 Å². The zero-order chi connectivity index (χ0) is 14.0. The molecule has 2 rings (SSSR count). The van der Waals surface area contributed by atoms with Gasteiger partial charge in [0.25, 0.3) is 0 Å². The molecule has 1 saturated heterocycles. The topological polar surface area (TPSA) is 79.8 Å². The first-order valence-corrected chi connectivity index (χ1v) is 6.66. The summed E-state index contributed by atoms with van der Waals surface area (Å²) in [6.07, 6.45) is 0.842. The molecule has 0 bridgehead atoms. The number of anilines is 1. The zero-order valence-corrected chi connectivity index (χ0v) is 11.9. The minimum Gasteiger partial charge on any atom is -0.316 e. The molecule has 1 aliphatic rings. The maximum Gasteiger partial charge on any atom is 0.249 e. The lowest BCUT2D eigenvalue weighted by Gasteiger charge is -2.30. The predicted molar refractivity (Wildman–Crippen MR) is 72.7 cm³/mol. The molecule has 0 aromatic carbocycles. The van der Waals surface area contributed by atoms with Crippen molar-refractivity contribution in [3.05, 3.63) is 11.4 Å². The van der Waals surface area contributed by atoms with E-state index in [9.17, 15) is 4.79 Å². The first-order valence-electron chi connectivity index (χ1n) is 6.66. The van der Waals surface area contributed by atoms with Crippen LogP contribution in [-0.2, 0) is 4.79 Å². The number of carbonyl (C=O) groups excluding carboxylic acids is 1. The number of hydrogen-bond acceptors (Lipinski definition) is 5. The largest absolute Gasteiger partial charge is 0.316 e. The first-order chi connectivity index (χ1) is 8.95. The van der Waals surface area contributed by atoms with E-state index in [0.29, 0.717) is 12.5 Å². The third-order valence-corrected chi connectivity index (χ3v) is 4.06. The van der Waals surface area contributed by atoms with Crippen LogP contribution in [0, 0.1) is 25.2 Å². The molecule has 1 amide bonds.